The summed E-state index contributed by atoms with van der Waals surface area (Å²) >= 11 is 0. The fraction of sp³-hybridized carbons (Fsp3) is 0.250. The van der Waals surface area contributed by atoms with Gasteiger partial charge in [-0.1, -0.05) is 0 Å². The molecule has 12 heteroatoms. The van der Waals surface area contributed by atoms with Crippen LogP contribution in [0, 0.1) is 17.1 Å². The van der Waals surface area contributed by atoms with E-state index < -0.39 is 56.6 Å². The van der Waals surface area contributed by atoms with E-state index in [0.29, 0.717) is 0 Å². The van der Waals surface area contributed by atoms with E-state index >= 15 is 0 Å². The molecule has 1 amide bonds. The van der Waals surface area contributed by atoms with Gasteiger partial charge in [-0.05, 0) is 24.3 Å². The lowest BCUT2D eigenvalue weighted by Gasteiger charge is -2.18. The number of benzene rings is 2. The summed E-state index contributed by atoms with van der Waals surface area (Å²) in [5, 5.41) is 19.5. The number of amides is 1. The second kappa shape index (κ2) is 8.52. The summed E-state index contributed by atoms with van der Waals surface area (Å²) in [4.78, 5) is 22.2. The van der Waals surface area contributed by atoms with Crippen LogP contribution in [0.4, 0.5) is 8.78 Å². The normalized spacial score (nSPS) is 19.6. The van der Waals surface area contributed by atoms with Crippen molar-refractivity contribution in [3.05, 3.63) is 52.8 Å². The molecule has 0 heterocycles. The number of rotatable bonds is 5. The minimum atomic E-state index is -4.53. The van der Waals surface area contributed by atoms with Crippen LogP contribution < -0.4 is 9.46 Å². The molecular formula is C20H16F2N2O7S. The smallest absolute Gasteiger partial charge is 0.303 e. The molecule has 1 aliphatic rings. The molecule has 0 bridgehead atoms. The molecule has 3 atom stereocenters. The molecule has 2 aromatic rings. The maximum atomic E-state index is 14.9. The molecule has 32 heavy (non-hydrogen) atoms. The highest BCUT2D eigenvalue weighted by molar-refractivity contribution is 7.90. The number of hydrogen-bond acceptors (Lipinski definition) is 8. The van der Waals surface area contributed by atoms with E-state index in [-0.39, 0.29) is 22.6 Å². The predicted octanol–water partition coefficient (Wildman–Crippen LogP) is 2.30. The molecule has 3 rings (SSSR count). The number of aliphatic hydroxyl groups excluding tert-OH is 1. The van der Waals surface area contributed by atoms with Crippen molar-refractivity contribution in [2.24, 2.45) is 0 Å². The molecule has 2 aromatic carbocycles. The van der Waals surface area contributed by atoms with Gasteiger partial charge >= 0.3 is 5.97 Å². The summed E-state index contributed by atoms with van der Waals surface area (Å²) in [6.45, 7) is 1.91. The Bertz CT molecular complexity index is 1260. The van der Waals surface area contributed by atoms with Gasteiger partial charge in [-0.2, -0.15) is 5.26 Å². The zero-order chi connectivity index (χ0) is 23.8. The third-order valence-corrected chi connectivity index (χ3v) is 5.96. The maximum Gasteiger partial charge on any atom is 0.303 e. The van der Waals surface area contributed by atoms with Crippen molar-refractivity contribution >= 4 is 21.9 Å². The number of halogens is 2. The van der Waals surface area contributed by atoms with Gasteiger partial charge in [-0.15, -0.1) is 0 Å². The van der Waals surface area contributed by atoms with Crippen LogP contribution in [-0.4, -0.2) is 31.6 Å². The van der Waals surface area contributed by atoms with Crippen molar-refractivity contribution in [3.8, 4) is 17.6 Å². The summed E-state index contributed by atoms with van der Waals surface area (Å²) in [5.74, 6) is -3.12. The van der Waals surface area contributed by atoms with Crippen molar-refractivity contribution in [1.82, 2.24) is 4.72 Å². The van der Waals surface area contributed by atoms with Gasteiger partial charge in [0, 0.05) is 31.0 Å². The molecule has 0 unspecified atom stereocenters. The number of ether oxygens (including phenoxy) is 2. The SMILES string of the molecule is CC(=O)NS(=O)(=O)c1ccc(Oc2cc(F)cc(C#N)c2)c2c1[C@H](OC(C)=O)[C@H](F)[C@@H]2O. The fourth-order valence-electron chi connectivity index (χ4n) is 3.36. The third kappa shape index (κ3) is 4.39. The summed E-state index contributed by atoms with van der Waals surface area (Å²) in [6.07, 6.45) is -6.05. The van der Waals surface area contributed by atoms with E-state index in [9.17, 15) is 31.9 Å². The number of alkyl halides is 1. The highest BCUT2D eigenvalue weighted by Crippen LogP contribution is 2.50. The Morgan fingerprint density at radius 1 is 1.19 bits per heavy atom. The average molecular weight is 466 g/mol. The summed E-state index contributed by atoms with van der Waals surface area (Å²) in [5.41, 5.74) is -0.871. The van der Waals surface area contributed by atoms with Gasteiger partial charge < -0.3 is 14.6 Å². The minimum Gasteiger partial charge on any atom is -0.457 e. The van der Waals surface area contributed by atoms with Crippen LogP contribution in [0.15, 0.2) is 35.2 Å². The standard InChI is InChI=1S/C20H16F2N2O7S/c1-9(25)24-32(28,29)15-4-3-14(31-13-6-11(8-23)5-12(21)7-13)16-17(15)20(30-10(2)26)18(22)19(16)27/h3-7,18-20,27H,1-2H3,(H,24,25)/t18-,19-,20+/m1/s1. The number of carbonyl (C=O) groups is 2. The maximum absolute atomic E-state index is 14.9. The molecule has 0 fully saturated rings. The molecule has 0 aromatic heterocycles. The summed E-state index contributed by atoms with van der Waals surface area (Å²) < 4.78 is 66.1. The summed E-state index contributed by atoms with van der Waals surface area (Å²) in [7, 11) is -4.53. The first kappa shape index (κ1) is 23.1. The molecule has 9 nitrogen and oxygen atoms in total. The van der Waals surface area contributed by atoms with E-state index in [2.05, 4.69) is 0 Å². The molecular weight excluding hydrogens is 450 g/mol. The van der Waals surface area contributed by atoms with E-state index in [4.69, 9.17) is 14.7 Å². The van der Waals surface area contributed by atoms with Gasteiger partial charge in [0.25, 0.3) is 10.0 Å². The molecule has 0 saturated heterocycles. The fourth-order valence-corrected chi connectivity index (χ4v) is 4.61. The zero-order valence-corrected chi connectivity index (χ0v) is 17.4. The number of hydrogen-bond donors (Lipinski definition) is 2. The van der Waals surface area contributed by atoms with Crippen molar-refractivity contribution in [2.45, 2.75) is 37.1 Å². The summed E-state index contributed by atoms with van der Waals surface area (Å²) in [6, 6.07) is 6.81. The Morgan fingerprint density at radius 2 is 1.88 bits per heavy atom. The lowest BCUT2D eigenvalue weighted by Crippen LogP contribution is -2.29. The van der Waals surface area contributed by atoms with Gasteiger partial charge in [0.05, 0.1) is 16.5 Å². The van der Waals surface area contributed by atoms with E-state index in [0.717, 1.165) is 38.1 Å². The highest BCUT2D eigenvalue weighted by Gasteiger charge is 2.48. The van der Waals surface area contributed by atoms with Crippen LogP contribution in [0.3, 0.4) is 0 Å². The molecule has 2 N–H and O–H groups in total. The van der Waals surface area contributed by atoms with Gasteiger partial charge in [-0.3, -0.25) is 9.59 Å². The van der Waals surface area contributed by atoms with Crippen LogP contribution in [0.2, 0.25) is 0 Å². The number of esters is 1. The largest absolute Gasteiger partial charge is 0.457 e. The number of sulfonamides is 1. The Kier molecular flexibility index (Phi) is 6.16. The van der Waals surface area contributed by atoms with E-state index in [1.807, 2.05) is 0 Å². The zero-order valence-electron chi connectivity index (χ0n) is 16.6. The lowest BCUT2D eigenvalue weighted by molar-refractivity contribution is -0.151. The number of carbonyl (C=O) groups excluding carboxylic acids is 2. The van der Waals surface area contributed by atoms with Crippen molar-refractivity contribution < 1.29 is 41.4 Å². The highest BCUT2D eigenvalue weighted by atomic mass is 32.2. The van der Waals surface area contributed by atoms with Gasteiger partial charge in [0.15, 0.2) is 12.3 Å². The Balaban J connectivity index is 2.22. The average Bonchev–Trinajstić information content (AvgIpc) is 2.92. The number of nitriles is 1. The first-order valence-electron chi connectivity index (χ1n) is 9.02. The second-order valence-electron chi connectivity index (χ2n) is 6.86. The van der Waals surface area contributed by atoms with Crippen LogP contribution in [0.5, 0.6) is 11.5 Å². The van der Waals surface area contributed by atoms with Gasteiger partial charge in [0.2, 0.25) is 5.91 Å². The number of nitrogens with one attached hydrogen (secondary N) is 1. The van der Waals surface area contributed by atoms with Crippen LogP contribution >= 0.6 is 0 Å². The topological polar surface area (TPSA) is 143 Å². The lowest BCUT2D eigenvalue weighted by atomic mass is 10.1. The van der Waals surface area contributed by atoms with Crippen molar-refractivity contribution in [3.63, 3.8) is 0 Å². The van der Waals surface area contributed by atoms with Gasteiger partial charge in [0.1, 0.15) is 23.4 Å². The molecule has 168 valence electrons. The number of fused-ring (bicyclic) bond motifs is 1. The first-order chi connectivity index (χ1) is 14.9. The van der Waals surface area contributed by atoms with E-state index in [1.165, 1.54) is 6.07 Å². The monoisotopic (exact) mass is 466 g/mol. The molecule has 0 saturated carbocycles. The van der Waals surface area contributed by atoms with Crippen LogP contribution in [0.25, 0.3) is 0 Å². The van der Waals surface area contributed by atoms with Gasteiger partial charge in [-0.25, -0.2) is 21.9 Å². The minimum absolute atomic E-state index is 0.0804. The number of aliphatic hydroxyl groups is 1. The van der Waals surface area contributed by atoms with Crippen LogP contribution in [0.1, 0.15) is 42.7 Å². The third-order valence-electron chi connectivity index (χ3n) is 4.47. The second-order valence-corrected chi connectivity index (χ2v) is 8.51. The van der Waals surface area contributed by atoms with E-state index in [1.54, 1.807) is 10.8 Å². The first-order valence-corrected chi connectivity index (χ1v) is 10.5. The number of nitrogens with zero attached hydrogens (tertiary/aromatic N) is 1. The molecule has 0 spiro atoms. The Hall–Kier alpha value is -3.56. The van der Waals surface area contributed by atoms with Crippen molar-refractivity contribution in [1.29, 1.82) is 5.26 Å². The van der Waals surface area contributed by atoms with Crippen molar-refractivity contribution in [2.75, 3.05) is 0 Å². The van der Waals surface area contributed by atoms with Crippen LogP contribution in [-0.2, 0) is 24.3 Å². The molecule has 0 radical (unpaired) electrons. The quantitative estimate of drug-likeness (QED) is 0.639. The Labute approximate surface area is 181 Å². The Morgan fingerprint density at radius 3 is 2.47 bits per heavy atom. The molecule has 0 aliphatic heterocycles. The molecule has 1 aliphatic carbocycles. The predicted molar refractivity (Wildman–Crippen MR) is 103 cm³/mol.